The molecule has 1 heterocycles. The molecule has 2 N–H and O–H groups in total. The first-order valence-corrected chi connectivity index (χ1v) is 6.84. The SMILES string of the molecule is CSc1cccc(Sc2ncc[nH]2)c1C(=O)O. The third-order valence-electron chi connectivity index (χ3n) is 2.10. The molecule has 2 rings (SSSR count). The van der Waals surface area contributed by atoms with Crippen LogP contribution in [0.4, 0.5) is 0 Å². The van der Waals surface area contributed by atoms with Crippen LogP contribution in [0.1, 0.15) is 10.4 Å². The summed E-state index contributed by atoms with van der Waals surface area (Å²) in [6, 6.07) is 5.44. The molecule has 0 saturated heterocycles. The van der Waals surface area contributed by atoms with E-state index in [-0.39, 0.29) is 0 Å². The van der Waals surface area contributed by atoms with Crippen molar-refractivity contribution in [3.05, 3.63) is 36.2 Å². The number of carboxylic acids is 1. The van der Waals surface area contributed by atoms with Gasteiger partial charge in [0, 0.05) is 22.2 Å². The normalized spacial score (nSPS) is 10.4. The second-order valence-electron chi connectivity index (χ2n) is 3.13. The van der Waals surface area contributed by atoms with Gasteiger partial charge in [0.05, 0.1) is 5.56 Å². The number of nitrogens with one attached hydrogen (secondary N) is 1. The van der Waals surface area contributed by atoms with E-state index in [1.54, 1.807) is 24.5 Å². The van der Waals surface area contributed by atoms with E-state index in [0.717, 1.165) is 4.90 Å². The van der Waals surface area contributed by atoms with Crippen LogP contribution in [0.25, 0.3) is 0 Å². The number of aromatic nitrogens is 2. The Bertz CT molecular complexity index is 526. The molecule has 0 aliphatic heterocycles. The fourth-order valence-corrected chi connectivity index (χ4v) is 2.96. The van der Waals surface area contributed by atoms with E-state index in [1.165, 1.54) is 23.5 Å². The number of imidazole rings is 1. The molecule has 0 fully saturated rings. The van der Waals surface area contributed by atoms with Crippen LogP contribution in [0.15, 0.2) is 45.5 Å². The van der Waals surface area contributed by atoms with Gasteiger partial charge in [-0.05, 0) is 18.4 Å². The molecule has 0 unspecified atom stereocenters. The molecule has 1 aromatic heterocycles. The summed E-state index contributed by atoms with van der Waals surface area (Å²) >= 11 is 2.74. The Morgan fingerprint density at radius 3 is 2.76 bits per heavy atom. The van der Waals surface area contributed by atoms with Crippen LogP contribution in [0.3, 0.4) is 0 Å². The zero-order chi connectivity index (χ0) is 12.3. The summed E-state index contributed by atoms with van der Waals surface area (Å²) in [5.74, 6) is -0.913. The standard InChI is InChI=1S/C11H10N2O2S2/c1-16-7-3-2-4-8(9(7)10(14)15)17-11-12-5-6-13-11/h2-6H,1H3,(H,12,13)(H,14,15). The molecule has 0 radical (unpaired) electrons. The summed E-state index contributed by atoms with van der Waals surface area (Å²) < 4.78 is 0. The predicted octanol–water partition coefficient (Wildman–Crippen LogP) is 2.98. The van der Waals surface area contributed by atoms with Crippen LogP contribution < -0.4 is 0 Å². The monoisotopic (exact) mass is 266 g/mol. The van der Waals surface area contributed by atoms with E-state index in [0.29, 0.717) is 15.6 Å². The molecule has 4 nitrogen and oxygen atoms in total. The summed E-state index contributed by atoms with van der Waals surface area (Å²) in [4.78, 5) is 19.7. The number of thioether (sulfide) groups is 1. The molecule has 17 heavy (non-hydrogen) atoms. The minimum Gasteiger partial charge on any atom is -0.478 e. The second kappa shape index (κ2) is 5.29. The first-order chi connectivity index (χ1) is 8.22. The van der Waals surface area contributed by atoms with Gasteiger partial charge < -0.3 is 10.1 Å². The highest BCUT2D eigenvalue weighted by Gasteiger charge is 2.16. The summed E-state index contributed by atoms with van der Waals surface area (Å²) in [7, 11) is 0. The van der Waals surface area contributed by atoms with E-state index >= 15 is 0 Å². The van der Waals surface area contributed by atoms with Crippen molar-refractivity contribution in [3.8, 4) is 0 Å². The predicted molar refractivity (Wildman–Crippen MR) is 67.9 cm³/mol. The molecule has 0 spiro atoms. The van der Waals surface area contributed by atoms with E-state index in [1.807, 2.05) is 12.3 Å². The Morgan fingerprint density at radius 1 is 1.41 bits per heavy atom. The minimum absolute atomic E-state index is 0.335. The molecule has 88 valence electrons. The Morgan fingerprint density at radius 2 is 2.18 bits per heavy atom. The summed E-state index contributed by atoms with van der Waals surface area (Å²) in [5.41, 5.74) is 0.335. The van der Waals surface area contributed by atoms with Crippen molar-refractivity contribution in [2.75, 3.05) is 6.26 Å². The number of carbonyl (C=O) groups is 1. The number of benzene rings is 1. The van der Waals surface area contributed by atoms with Crippen molar-refractivity contribution in [3.63, 3.8) is 0 Å². The Hall–Kier alpha value is -1.40. The summed E-state index contributed by atoms with van der Waals surface area (Å²) in [6.07, 6.45) is 5.21. The molecule has 2 aromatic rings. The van der Waals surface area contributed by atoms with Crippen molar-refractivity contribution in [1.82, 2.24) is 9.97 Å². The lowest BCUT2D eigenvalue weighted by Crippen LogP contribution is -2.01. The number of aromatic amines is 1. The Balaban J connectivity index is 2.42. The maximum Gasteiger partial charge on any atom is 0.337 e. The van der Waals surface area contributed by atoms with Crippen LogP contribution >= 0.6 is 23.5 Å². The van der Waals surface area contributed by atoms with Gasteiger partial charge in [-0.2, -0.15) is 0 Å². The third-order valence-corrected chi connectivity index (χ3v) is 3.86. The number of aromatic carboxylic acids is 1. The highest BCUT2D eigenvalue weighted by atomic mass is 32.2. The molecule has 0 amide bonds. The van der Waals surface area contributed by atoms with Gasteiger partial charge in [0.15, 0.2) is 5.16 Å². The van der Waals surface area contributed by atoms with Gasteiger partial charge >= 0.3 is 5.97 Å². The van der Waals surface area contributed by atoms with Crippen molar-refractivity contribution in [2.24, 2.45) is 0 Å². The average Bonchev–Trinajstić information content (AvgIpc) is 2.81. The largest absolute Gasteiger partial charge is 0.478 e. The van der Waals surface area contributed by atoms with Gasteiger partial charge in [-0.1, -0.05) is 17.8 Å². The maximum atomic E-state index is 11.3. The molecular weight excluding hydrogens is 256 g/mol. The van der Waals surface area contributed by atoms with E-state index in [4.69, 9.17) is 0 Å². The fourth-order valence-electron chi connectivity index (χ4n) is 1.39. The van der Waals surface area contributed by atoms with Crippen molar-refractivity contribution < 1.29 is 9.90 Å². The Kier molecular flexibility index (Phi) is 3.75. The number of hydrogen-bond donors (Lipinski definition) is 2. The molecular formula is C11H10N2O2S2. The van der Waals surface area contributed by atoms with Crippen LogP contribution in [0.2, 0.25) is 0 Å². The van der Waals surface area contributed by atoms with Crippen LogP contribution in [-0.2, 0) is 0 Å². The third kappa shape index (κ3) is 2.65. The lowest BCUT2D eigenvalue weighted by Gasteiger charge is -2.07. The lowest BCUT2D eigenvalue weighted by atomic mass is 10.2. The van der Waals surface area contributed by atoms with Gasteiger partial charge in [0.25, 0.3) is 0 Å². The zero-order valence-corrected chi connectivity index (χ0v) is 10.6. The van der Waals surface area contributed by atoms with Gasteiger partial charge in [-0.15, -0.1) is 11.8 Å². The van der Waals surface area contributed by atoms with Crippen molar-refractivity contribution in [1.29, 1.82) is 0 Å². The van der Waals surface area contributed by atoms with Crippen molar-refractivity contribution in [2.45, 2.75) is 14.9 Å². The van der Waals surface area contributed by atoms with E-state index in [9.17, 15) is 9.90 Å². The quantitative estimate of drug-likeness (QED) is 0.833. The number of hydrogen-bond acceptors (Lipinski definition) is 4. The first-order valence-electron chi connectivity index (χ1n) is 4.80. The summed E-state index contributed by atoms with van der Waals surface area (Å²) in [5, 5.41) is 9.93. The van der Waals surface area contributed by atoms with Gasteiger partial charge in [-0.3, -0.25) is 0 Å². The lowest BCUT2D eigenvalue weighted by molar-refractivity contribution is 0.0689. The highest BCUT2D eigenvalue weighted by Crippen LogP contribution is 2.33. The second-order valence-corrected chi connectivity index (χ2v) is 5.01. The minimum atomic E-state index is -0.913. The van der Waals surface area contributed by atoms with Gasteiger partial charge in [0.1, 0.15) is 0 Å². The number of carboxylic acid groups (broad SMARTS) is 1. The van der Waals surface area contributed by atoms with Gasteiger partial charge in [-0.25, -0.2) is 9.78 Å². The zero-order valence-electron chi connectivity index (χ0n) is 9.01. The Labute approximate surface area is 107 Å². The topological polar surface area (TPSA) is 66.0 Å². The number of rotatable bonds is 4. The number of nitrogens with zero attached hydrogens (tertiary/aromatic N) is 1. The molecule has 0 atom stereocenters. The smallest absolute Gasteiger partial charge is 0.337 e. The van der Waals surface area contributed by atoms with Crippen molar-refractivity contribution >= 4 is 29.5 Å². The van der Waals surface area contributed by atoms with Gasteiger partial charge in [0.2, 0.25) is 0 Å². The molecule has 1 aromatic carbocycles. The highest BCUT2D eigenvalue weighted by molar-refractivity contribution is 7.99. The first kappa shape index (κ1) is 12.1. The molecule has 0 saturated carbocycles. The average molecular weight is 266 g/mol. The fraction of sp³-hybridized carbons (Fsp3) is 0.0909. The van der Waals surface area contributed by atoms with Crippen LogP contribution in [-0.4, -0.2) is 27.3 Å². The summed E-state index contributed by atoms with van der Waals surface area (Å²) in [6.45, 7) is 0. The molecule has 0 aliphatic rings. The van der Waals surface area contributed by atoms with E-state index in [2.05, 4.69) is 9.97 Å². The van der Waals surface area contributed by atoms with Crippen LogP contribution in [0, 0.1) is 0 Å². The van der Waals surface area contributed by atoms with E-state index < -0.39 is 5.97 Å². The number of H-pyrrole nitrogens is 1. The van der Waals surface area contributed by atoms with Crippen LogP contribution in [0.5, 0.6) is 0 Å². The molecule has 0 aliphatic carbocycles. The molecule has 0 bridgehead atoms. The molecule has 6 heteroatoms. The maximum absolute atomic E-state index is 11.3.